The molecule has 1 aromatic rings. The fourth-order valence-electron chi connectivity index (χ4n) is 1.28. The Morgan fingerprint density at radius 1 is 1.56 bits per heavy atom. The van der Waals surface area contributed by atoms with Crippen molar-refractivity contribution in [3.05, 3.63) is 11.8 Å². The maximum Gasteiger partial charge on any atom is 0.239 e. The number of amides is 1. The SMILES string of the molecule is CC(C)(C)Cc1cc(NC(=O)CN)n[nH]1.Cl. The lowest BCUT2D eigenvalue weighted by Crippen LogP contribution is -2.21. The molecule has 0 saturated heterocycles. The highest BCUT2D eigenvalue weighted by molar-refractivity contribution is 5.91. The predicted octanol–water partition coefficient (Wildman–Crippen LogP) is 1.32. The van der Waals surface area contributed by atoms with E-state index in [4.69, 9.17) is 5.73 Å². The zero-order valence-corrected chi connectivity index (χ0v) is 10.6. The number of H-pyrrole nitrogens is 1. The van der Waals surface area contributed by atoms with Crippen LogP contribution in [0.25, 0.3) is 0 Å². The van der Waals surface area contributed by atoms with Crippen LogP contribution in [0.4, 0.5) is 5.82 Å². The third kappa shape index (κ3) is 5.14. The zero-order valence-electron chi connectivity index (χ0n) is 9.83. The second-order valence-corrected chi connectivity index (χ2v) is 4.77. The van der Waals surface area contributed by atoms with Gasteiger partial charge in [-0.25, -0.2) is 0 Å². The lowest BCUT2D eigenvalue weighted by atomic mass is 9.91. The van der Waals surface area contributed by atoms with E-state index in [1.165, 1.54) is 0 Å². The molecular formula is C10H19ClN4O. The van der Waals surface area contributed by atoms with Crippen molar-refractivity contribution >= 4 is 24.1 Å². The van der Waals surface area contributed by atoms with Crippen LogP contribution in [-0.4, -0.2) is 22.6 Å². The highest BCUT2D eigenvalue weighted by Gasteiger charge is 2.13. The summed E-state index contributed by atoms with van der Waals surface area (Å²) in [4.78, 5) is 11.0. The Balaban J connectivity index is 0.00000225. The average Bonchev–Trinajstić information content (AvgIpc) is 2.49. The molecule has 4 N–H and O–H groups in total. The number of halogens is 1. The van der Waals surface area contributed by atoms with Crippen LogP contribution in [0.1, 0.15) is 26.5 Å². The van der Waals surface area contributed by atoms with E-state index in [-0.39, 0.29) is 30.3 Å². The molecule has 0 aliphatic carbocycles. The number of rotatable bonds is 3. The molecule has 0 aliphatic heterocycles. The van der Waals surface area contributed by atoms with Crippen LogP contribution < -0.4 is 11.1 Å². The van der Waals surface area contributed by atoms with E-state index < -0.39 is 0 Å². The average molecular weight is 247 g/mol. The normalized spacial score (nSPS) is 10.8. The minimum Gasteiger partial charge on any atom is -0.322 e. The topological polar surface area (TPSA) is 83.8 Å². The third-order valence-electron chi connectivity index (χ3n) is 1.80. The van der Waals surface area contributed by atoms with Crippen LogP contribution in [0.5, 0.6) is 0 Å². The largest absolute Gasteiger partial charge is 0.322 e. The monoisotopic (exact) mass is 246 g/mol. The summed E-state index contributed by atoms with van der Waals surface area (Å²) in [6, 6.07) is 1.83. The van der Waals surface area contributed by atoms with Gasteiger partial charge in [0.1, 0.15) is 0 Å². The van der Waals surface area contributed by atoms with E-state index in [0.717, 1.165) is 12.1 Å². The van der Waals surface area contributed by atoms with Crippen molar-refractivity contribution in [1.82, 2.24) is 10.2 Å². The molecule has 0 atom stereocenters. The Bertz CT molecular complexity index is 343. The number of hydrogen-bond acceptors (Lipinski definition) is 3. The number of nitrogens with two attached hydrogens (primary N) is 1. The number of hydrogen-bond donors (Lipinski definition) is 3. The first-order valence-electron chi connectivity index (χ1n) is 4.95. The molecule has 0 fully saturated rings. The van der Waals surface area contributed by atoms with E-state index >= 15 is 0 Å². The summed E-state index contributed by atoms with van der Waals surface area (Å²) in [5, 5.41) is 9.45. The van der Waals surface area contributed by atoms with Crippen LogP contribution in [0, 0.1) is 5.41 Å². The number of aromatic nitrogens is 2. The Labute approximate surface area is 102 Å². The molecule has 0 radical (unpaired) electrons. The number of carbonyl (C=O) groups excluding carboxylic acids is 1. The Hall–Kier alpha value is -1.07. The molecule has 0 aliphatic rings. The smallest absolute Gasteiger partial charge is 0.239 e. The minimum atomic E-state index is -0.233. The molecule has 1 amide bonds. The first-order valence-corrected chi connectivity index (χ1v) is 4.95. The van der Waals surface area contributed by atoms with E-state index in [1.54, 1.807) is 0 Å². The standard InChI is InChI=1S/C10H18N4O.ClH/c1-10(2,3)5-7-4-8(14-13-7)12-9(15)6-11;/h4H,5-6,11H2,1-3H3,(H2,12,13,14,15);1H. The predicted molar refractivity (Wildman–Crippen MR) is 66.7 cm³/mol. The number of nitrogens with zero attached hydrogens (tertiary/aromatic N) is 1. The highest BCUT2D eigenvalue weighted by atomic mass is 35.5. The number of nitrogens with one attached hydrogen (secondary N) is 2. The molecule has 1 heterocycles. The fourth-order valence-corrected chi connectivity index (χ4v) is 1.28. The first-order chi connectivity index (χ1) is 6.90. The summed E-state index contributed by atoms with van der Waals surface area (Å²) in [7, 11) is 0. The summed E-state index contributed by atoms with van der Waals surface area (Å²) < 4.78 is 0. The van der Waals surface area contributed by atoms with Crippen molar-refractivity contribution in [2.24, 2.45) is 11.1 Å². The molecule has 0 spiro atoms. The Kier molecular flexibility index (Phi) is 5.47. The molecule has 0 saturated carbocycles. The maximum atomic E-state index is 11.0. The van der Waals surface area contributed by atoms with E-state index in [1.807, 2.05) is 6.07 Å². The number of aromatic amines is 1. The summed E-state index contributed by atoms with van der Waals surface area (Å²) >= 11 is 0. The number of anilines is 1. The van der Waals surface area contributed by atoms with Crippen molar-refractivity contribution < 1.29 is 4.79 Å². The molecule has 92 valence electrons. The lowest BCUT2D eigenvalue weighted by Gasteiger charge is -2.15. The molecular weight excluding hydrogens is 228 g/mol. The van der Waals surface area contributed by atoms with Crippen LogP contribution in [0.3, 0.4) is 0 Å². The van der Waals surface area contributed by atoms with Gasteiger partial charge in [-0.1, -0.05) is 20.8 Å². The van der Waals surface area contributed by atoms with Gasteiger partial charge < -0.3 is 11.1 Å². The Morgan fingerprint density at radius 2 is 2.19 bits per heavy atom. The quantitative estimate of drug-likeness (QED) is 0.752. The van der Waals surface area contributed by atoms with Crippen molar-refractivity contribution in [3.63, 3.8) is 0 Å². The lowest BCUT2D eigenvalue weighted by molar-refractivity contribution is -0.114. The maximum absolute atomic E-state index is 11.0. The van der Waals surface area contributed by atoms with Gasteiger partial charge in [-0.2, -0.15) is 5.10 Å². The zero-order chi connectivity index (χ0) is 11.5. The first kappa shape index (κ1) is 14.9. The van der Waals surface area contributed by atoms with Gasteiger partial charge >= 0.3 is 0 Å². The van der Waals surface area contributed by atoms with Gasteiger partial charge in [-0.05, 0) is 11.8 Å². The van der Waals surface area contributed by atoms with Crippen LogP contribution in [-0.2, 0) is 11.2 Å². The van der Waals surface area contributed by atoms with Gasteiger partial charge in [0.2, 0.25) is 5.91 Å². The van der Waals surface area contributed by atoms with Gasteiger partial charge in [-0.3, -0.25) is 9.89 Å². The van der Waals surface area contributed by atoms with Gasteiger partial charge in [0.25, 0.3) is 0 Å². The summed E-state index contributed by atoms with van der Waals surface area (Å²) in [5.74, 6) is 0.300. The molecule has 0 unspecified atom stereocenters. The van der Waals surface area contributed by atoms with Gasteiger partial charge in [0.15, 0.2) is 5.82 Å². The molecule has 6 heteroatoms. The van der Waals surface area contributed by atoms with E-state index in [2.05, 4.69) is 36.3 Å². The summed E-state index contributed by atoms with van der Waals surface area (Å²) in [6.45, 7) is 6.41. The third-order valence-corrected chi connectivity index (χ3v) is 1.80. The van der Waals surface area contributed by atoms with Gasteiger partial charge in [0, 0.05) is 11.8 Å². The molecule has 0 aromatic carbocycles. The molecule has 16 heavy (non-hydrogen) atoms. The molecule has 1 rings (SSSR count). The Morgan fingerprint density at radius 3 is 2.69 bits per heavy atom. The highest BCUT2D eigenvalue weighted by Crippen LogP contribution is 2.20. The molecule has 5 nitrogen and oxygen atoms in total. The summed E-state index contributed by atoms with van der Waals surface area (Å²) in [5.41, 5.74) is 6.38. The second kappa shape index (κ2) is 5.86. The van der Waals surface area contributed by atoms with Crippen molar-refractivity contribution in [2.45, 2.75) is 27.2 Å². The summed E-state index contributed by atoms with van der Waals surface area (Å²) in [6.07, 6.45) is 0.887. The van der Waals surface area contributed by atoms with Crippen LogP contribution >= 0.6 is 12.4 Å². The van der Waals surface area contributed by atoms with E-state index in [9.17, 15) is 4.79 Å². The van der Waals surface area contributed by atoms with Gasteiger partial charge in [0.05, 0.1) is 6.54 Å². The van der Waals surface area contributed by atoms with Crippen molar-refractivity contribution in [3.8, 4) is 0 Å². The van der Waals surface area contributed by atoms with E-state index in [0.29, 0.717) is 5.82 Å². The number of carbonyl (C=O) groups is 1. The van der Waals surface area contributed by atoms with Crippen LogP contribution in [0.2, 0.25) is 0 Å². The van der Waals surface area contributed by atoms with Crippen molar-refractivity contribution in [2.75, 3.05) is 11.9 Å². The van der Waals surface area contributed by atoms with Gasteiger partial charge in [-0.15, -0.1) is 12.4 Å². The molecule has 1 aromatic heterocycles. The molecule has 0 bridgehead atoms. The minimum absolute atomic E-state index is 0. The fraction of sp³-hybridized carbons (Fsp3) is 0.600. The van der Waals surface area contributed by atoms with Crippen LogP contribution in [0.15, 0.2) is 6.07 Å². The van der Waals surface area contributed by atoms with Crippen molar-refractivity contribution in [1.29, 1.82) is 0 Å². The second-order valence-electron chi connectivity index (χ2n) is 4.77.